The van der Waals surface area contributed by atoms with Crippen molar-refractivity contribution in [1.29, 1.82) is 0 Å². The maximum atomic E-state index is 12.6. The smallest absolute Gasteiger partial charge is 0.352 e. The van der Waals surface area contributed by atoms with Gasteiger partial charge in [-0.15, -0.1) is 0 Å². The van der Waals surface area contributed by atoms with E-state index in [0.29, 0.717) is 6.42 Å². The Morgan fingerprint density at radius 1 is 1.29 bits per heavy atom. The number of carbonyl (C=O) groups is 1. The van der Waals surface area contributed by atoms with Crippen LogP contribution in [0.25, 0.3) is 0 Å². The zero-order chi connectivity index (χ0) is 18.5. The van der Waals surface area contributed by atoms with Gasteiger partial charge in [-0.3, -0.25) is 4.79 Å². The van der Waals surface area contributed by atoms with Gasteiger partial charge in [0.25, 0.3) is 5.91 Å². The zero-order valence-electron chi connectivity index (χ0n) is 13.7. The van der Waals surface area contributed by atoms with Crippen LogP contribution in [0.2, 0.25) is 0 Å². The van der Waals surface area contributed by atoms with Crippen molar-refractivity contribution in [3.63, 3.8) is 0 Å². The Hall–Kier alpha value is -1.61. The van der Waals surface area contributed by atoms with Gasteiger partial charge in [0.2, 0.25) is 10.0 Å². The maximum Gasteiger partial charge on any atom is 0.416 e. The van der Waals surface area contributed by atoms with Crippen molar-refractivity contribution in [3.8, 4) is 0 Å². The molecule has 1 amide bonds. The van der Waals surface area contributed by atoms with Gasteiger partial charge in [0, 0.05) is 24.7 Å². The SMILES string of the molecule is CC(C)N(CCCNC(=O)c1cccc(C(F)(F)F)c1)S(C)(=O)=O. The number of rotatable bonds is 7. The third kappa shape index (κ3) is 6.12. The Balaban J connectivity index is 2.59. The topological polar surface area (TPSA) is 66.5 Å². The number of nitrogens with one attached hydrogen (secondary N) is 1. The highest BCUT2D eigenvalue weighted by Crippen LogP contribution is 2.29. The fraction of sp³-hybridized carbons (Fsp3) is 0.533. The first kappa shape index (κ1) is 20.4. The molecule has 0 atom stereocenters. The van der Waals surface area contributed by atoms with Gasteiger partial charge in [-0.2, -0.15) is 17.5 Å². The molecule has 0 aliphatic heterocycles. The average Bonchev–Trinajstić information content (AvgIpc) is 2.44. The highest BCUT2D eigenvalue weighted by atomic mass is 32.2. The van der Waals surface area contributed by atoms with E-state index in [2.05, 4.69) is 5.32 Å². The van der Waals surface area contributed by atoms with Crippen LogP contribution in [-0.4, -0.2) is 44.0 Å². The average molecular weight is 366 g/mol. The number of sulfonamides is 1. The molecule has 0 saturated carbocycles. The van der Waals surface area contributed by atoms with Crippen LogP contribution < -0.4 is 5.32 Å². The lowest BCUT2D eigenvalue weighted by Gasteiger charge is -2.23. The summed E-state index contributed by atoms with van der Waals surface area (Å²) in [5.74, 6) is -0.628. The van der Waals surface area contributed by atoms with Crippen molar-refractivity contribution < 1.29 is 26.4 Å². The molecule has 0 aliphatic rings. The summed E-state index contributed by atoms with van der Waals surface area (Å²) < 4.78 is 62.3. The number of nitrogens with zero attached hydrogens (tertiary/aromatic N) is 1. The molecule has 0 aromatic heterocycles. The number of hydrogen-bond acceptors (Lipinski definition) is 3. The van der Waals surface area contributed by atoms with E-state index < -0.39 is 27.7 Å². The van der Waals surface area contributed by atoms with Gasteiger partial charge >= 0.3 is 6.18 Å². The summed E-state index contributed by atoms with van der Waals surface area (Å²) in [5.41, 5.74) is -0.980. The Kier molecular flexibility index (Phi) is 6.79. The number of carbonyl (C=O) groups excluding carboxylic acids is 1. The summed E-state index contributed by atoms with van der Waals surface area (Å²) in [7, 11) is -3.34. The van der Waals surface area contributed by atoms with Gasteiger partial charge in [0.1, 0.15) is 0 Å². The summed E-state index contributed by atoms with van der Waals surface area (Å²) in [4.78, 5) is 11.9. The van der Waals surface area contributed by atoms with E-state index in [1.165, 1.54) is 16.4 Å². The van der Waals surface area contributed by atoms with E-state index in [0.717, 1.165) is 18.4 Å². The van der Waals surface area contributed by atoms with Crippen LogP contribution in [0.5, 0.6) is 0 Å². The Labute approximate surface area is 139 Å². The summed E-state index contributed by atoms with van der Waals surface area (Å²) in [6.07, 6.45) is -3.05. The molecule has 5 nitrogen and oxygen atoms in total. The molecule has 0 unspecified atom stereocenters. The van der Waals surface area contributed by atoms with Gasteiger partial charge in [0.15, 0.2) is 0 Å². The molecule has 0 fully saturated rings. The molecule has 1 rings (SSSR count). The van der Waals surface area contributed by atoms with Gasteiger partial charge in [-0.05, 0) is 38.5 Å². The fourth-order valence-electron chi connectivity index (χ4n) is 2.18. The second kappa shape index (κ2) is 7.98. The summed E-state index contributed by atoms with van der Waals surface area (Å²) >= 11 is 0. The summed E-state index contributed by atoms with van der Waals surface area (Å²) in [5, 5.41) is 2.50. The van der Waals surface area contributed by atoms with Crippen LogP contribution in [0.3, 0.4) is 0 Å². The molecule has 136 valence electrons. The van der Waals surface area contributed by atoms with Crippen molar-refractivity contribution in [1.82, 2.24) is 9.62 Å². The number of benzene rings is 1. The highest BCUT2D eigenvalue weighted by molar-refractivity contribution is 7.88. The Bertz CT molecular complexity index is 673. The van der Waals surface area contributed by atoms with Gasteiger partial charge < -0.3 is 5.32 Å². The lowest BCUT2D eigenvalue weighted by Crippen LogP contribution is -2.38. The monoisotopic (exact) mass is 366 g/mol. The second-order valence-electron chi connectivity index (χ2n) is 5.66. The highest BCUT2D eigenvalue weighted by Gasteiger charge is 2.30. The number of alkyl halides is 3. The fourth-order valence-corrected chi connectivity index (χ4v) is 3.41. The van der Waals surface area contributed by atoms with Gasteiger partial charge in [0.05, 0.1) is 11.8 Å². The quantitative estimate of drug-likeness (QED) is 0.754. The number of hydrogen-bond donors (Lipinski definition) is 1. The molecule has 0 radical (unpaired) electrons. The molecule has 0 heterocycles. The van der Waals surface area contributed by atoms with E-state index >= 15 is 0 Å². The first-order valence-electron chi connectivity index (χ1n) is 7.35. The molecule has 1 aromatic carbocycles. The third-order valence-electron chi connectivity index (χ3n) is 3.29. The molecular formula is C15H21F3N2O3S. The predicted octanol–water partition coefficient (Wildman–Crippen LogP) is 2.50. The number of amides is 1. The Morgan fingerprint density at radius 2 is 1.92 bits per heavy atom. The predicted molar refractivity (Wildman–Crippen MR) is 85.1 cm³/mol. The molecular weight excluding hydrogens is 345 g/mol. The van der Waals surface area contributed by atoms with Crippen LogP contribution in [-0.2, 0) is 16.2 Å². The molecule has 0 aliphatic carbocycles. The van der Waals surface area contributed by atoms with Crippen molar-refractivity contribution >= 4 is 15.9 Å². The lowest BCUT2D eigenvalue weighted by molar-refractivity contribution is -0.137. The normalized spacial score (nSPS) is 12.7. The minimum atomic E-state index is -4.51. The van der Waals surface area contributed by atoms with E-state index in [1.807, 2.05) is 0 Å². The van der Waals surface area contributed by atoms with E-state index in [4.69, 9.17) is 0 Å². The minimum absolute atomic E-state index is 0.0892. The van der Waals surface area contributed by atoms with Crippen LogP contribution in [0.1, 0.15) is 36.2 Å². The van der Waals surface area contributed by atoms with Crippen LogP contribution >= 0.6 is 0 Å². The largest absolute Gasteiger partial charge is 0.416 e. The first-order valence-corrected chi connectivity index (χ1v) is 9.20. The van der Waals surface area contributed by atoms with Gasteiger partial charge in [-0.25, -0.2) is 8.42 Å². The van der Waals surface area contributed by atoms with Crippen LogP contribution in [0, 0.1) is 0 Å². The third-order valence-corrected chi connectivity index (χ3v) is 4.75. The molecule has 0 bridgehead atoms. The van der Waals surface area contributed by atoms with Crippen molar-refractivity contribution in [2.75, 3.05) is 19.3 Å². The summed E-state index contributed by atoms with van der Waals surface area (Å²) in [6, 6.07) is 3.93. The summed E-state index contributed by atoms with van der Waals surface area (Å²) in [6.45, 7) is 3.86. The van der Waals surface area contributed by atoms with Crippen LogP contribution in [0.4, 0.5) is 13.2 Å². The Morgan fingerprint density at radius 3 is 2.42 bits per heavy atom. The first-order chi connectivity index (χ1) is 10.9. The minimum Gasteiger partial charge on any atom is -0.352 e. The molecule has 0 saturated heterocycles. The molecule has 1 N–H and O–H groups in total. The van der Waals surface area contributed by atoms with E-state index in [1.54, 1.807) is 13.8 Å². The molecule has 0 spiro atoms. The molecule has 9 heteroatoms. The van der Waals surface area contributed by atoms with Gasteiger partial charge in [-0.1, -0.05) is 6.07 Å². The zero-order valence-corrected chi connectivity index (χ0v) is 14.5. The molecule has 1 aromatic rings. The van der Waals surface area contributed by atoms with Crippen molar-refractivity contribution in [2.24, 2.45) is 0 Å². The van der Waals surface area contributed by atoms with E-state index in [-0.39, 0.29) is 24.7 Å². The standard InChI is InChI=1S/C15H21F3N2O3S/c1-11(2)20(24(3,22)23)9-5-8-19-14(21)12-6-4-7-13(10-12)15(16,17)18/h4,6-7,10-11H,5,8-9H2,1-3H3,(H,19,21). The van der Waals surface area contributed by atoms with Crippen LogP contribution in [0.15, 0.2) is 24.3 Å². The van der Waals surface area contributed by atoms with E-state index in [9.17, 15) is 26.4 Å². The van der Waals surface area contributed by atoms with Crippen molar-refractivity contribution in [3.05, 3.63) is 35.4 Å². The molecule has 24 heavy (non-hydrogen) atoms. The second-order valence-corrected chi connectivity index (χ2v) is 7.59. The number of halogens is 3. The maximum absolute atomic E-state index is 12.6. The van der Waals surface area contributed by atoms with Crippen molar-refractivity contribution in [2.45, 2.75) is 32.5 Å². The lowest BCUT2D eigenvalue weighted by atomic mass is 10.1.